The predicted octanol–water partition coefficient (Wildman–Crippen LogP) is 4.72. The van der Waals surface area contributed by atoms with Crippen LogP contribution in [0.2, 0.25) is 0 Å². The van der Waals surface area contributed by atoms with E-state index in [2.05, 4.69) is 27.4 Å². The van der Waals surface area contributed by atoms with E-state index in [0.717, 1.165) is 62.0 Å². The van der Waals surface area contributed by atoms with Crippen LogP contribution in [0.1, 0.15) is 37.1 Å². The first kappa shape index (κ1) is 37.2. The second-order valence-electron chi connectivity index (χ2n) is 11.4. The number of nitrogens with zero attached hydrogens (tertiary/aromatic N) is 1. The number of fused-ring (bicyclic) bond motifs is 1. The third kappa shape index (κ3) is 10.2. The molecule has 0 spiro atoms. The number of halogens is 4. The molecule has 262 valence electrons. The number of likely N-dealkylation sites (tertiary alicyclic amines) is 1. The van der Waals surface area contributed by atoms with Crippen LogP contribution in [0.3, 0.4) is 0 Å². The van der Waals surface area contributed by atoms with E-state index in [1.165, 1.54) is 7.11 Å². The number of aliphatic hydroxyl groups is 1. The van der Waals surface area contributed by atoms with E-state index in [-0.39, 0.29) is 47.7 Å². The van der Waals surface area contributed by atoms with Gasteiger partial charge in [0.05, 0.1) is 46.6 Å². The van der Waals surface area contributed by atoms with Gasteiger partial charge in [0.2, 0.25) is 5.91 Å². The molecule has 1 atom stereocenters. The lowest BCUT2D eigenvalue weighted by Gasteiger charge is -2.33. The number of thiophene rings is 1. The third-order valence-corrected chi connectivity index (χ3v) is 10.0. The van der Waals surface area contributed by atoms with Crippen LogP contribution in [0, 0.1) is 17.7 Å². The van der Waals surface area contributed by atoms with Crippen molar-refractivity contribution >= 4 is 48.7 Å². The predicted molar refractivity (Wildman–Crippen MR) is 176 cm³/mol. The number of rotatable bonds is 13. The first-order valence-electron chi connectivity index (χ1n) is 15.2. The Kier molecular flexibility index (Phi) is 12.5. The first-order valence-corrected chi connectivity index (χ1v) is 17.5. The van der Waals surface area contributed by atoms with Crippen LogP contribution in [0.5, 0.6) is 5.75 Å². The van der Waals surface area contributed by atoms with Crippen molar-refractivity contribution < 1.29 is 45.4 Å². The van der Waals surface area contributed by atoms with Gasteiger partial charge in [0.25, 0.3) is 10.0 Å². The first-order chi connectivity index (χ1) is 22.7. The van der Waals surface area contributed by atoms with Gasteiger partial charge in [-0.05, 0) is 36.8 Å². The molecule has 4 rings (SSSR count). The van der Waals surface area contributed by atoms with Crippen LogP contribution in [0.25, 0.3) is 10.1 Å². The Hall–Kier alpha value is -3.62. The Balaban J connectivity index is 1.58. The van der Waals surface area contributed by atoms with Crippen molar-refractivity contribution in [2.45, 2.75) is 56.3 Å². The van der Waals surface area contributed by atoms with Crippen molar-refractivity contribution in [1.82, 2.24) is 9.62 Å². The average Bonchev–Trinajstić information content (AvgIpc) is 3.32. The van der Waals surface area contributed by atoms with Gasteiger partial charge in [-0.3, -0.25) is 4.79 Å². The second-order valence-corrected chi connectivity index (χ2v) is 14.1. The number of piperidine rings is 1. The maximum atomic E-state index is 14.9. The minimum Gasteiger partial charge on any atom is -0.489 e. The number of amides is 1. The number of carbonyl (C=O) groups excluding carboxylic acids is 1. The molecule has 1 aliphatic heterocycles. The van der Waals surface area contributed by atoms with Gasteiger partial charge < -0.3 is 30.1 Å². The summed E-state index contributed by atoms with van der Waals surface area (Å²) in [7, 11) is -3.09. The number of anilines is 2. The maximum absolute atomic E-state index is 14.9. The van der Waals surface area contributed by atoms with E-state index in [1.807, 2.05) is 6.07 Å². The van der Waals surface area contributed by atoms with Crippen molar-refractivity contribution in [2.24, 2.45) is 0 Å². The lowest BCUT2D eigenvalue weighted by Crippen LogP contribution is -2.41. The fourth-order valence-electron chi connectivity index (χ4n) is 5.36. The molecule has 0 radical (unpaired) electrons. The largest absolute Gasteiger partial charge is 0.489 e. The van der Waals surface area contributed by atoms with Crippen LogP contribution < -0.4 is 20.1 Å². The summed E-state index contributed by atoms with van der Waals surface area (Å²) in [6, 6.07) is 7.12. The summed E-state index contributed by atoms with van der Waals surface area (Å²) >= 11 is 1.16. The van der Waals surface area contributed by atoms with Crippen molar-refractivity contribution in [2.75, 3.05) is 57.1 Å². The van der Waals surface area contributed by atoms with Gasteiger partial charge in [-0.2, -0.15) is 13.2 Å². The number of benzene rings is 2. The van der Waals surface area contributed by atoms with Crippen LogP contribution in [0.15, 0.2) is 35.2 Å². The molecule has 1 amide bonds. The SMILES string of the molecule is COCCOc1cc(S(=O)(=O)NC(C)=O)c(F)cc1NCC#Cc1sc2c(NC3CCN(CC(C)O)CC3)cccc2c1CC(F)(F)F. The molecule has 1 saturated heterocycles. The quantitative estimate of drug-likeness (QED) is 0.113. The zero-order valence-corrected chi connectivity index (χ0v) is 28.3. The number of hydrogen-bond acceptors (Lipinski definition) is 10. The molecule has 1 aliphatic rings. The Morgan fingerprint density at radius 2 is 1.92 bits per heavy atom. The van der Waals surface area contributed by atoms with Crippen LogP contribution in [0.4, 0.5) is 28.9 Å². The summed E-state index contributed by atoms with van der Waals surface area (Å²) < 4.78 is 93.9. The van der Waals surface area contributed by atoms with Gasteiger partial charge in [-0.1, -0.05) is 24.0 Å². The number of hydrogen-bond donors (Lipinski definition) is 4. The van der Waals surface area contributed by atoms with Crippen LogP contribution in [-0.2, 0) is 26.0 Å². The van der Waals surface area contributed by atoms with Gasteiger partial charge in [0.1, 0.15) is 23.1 Å². The fraction of sp³-hybridized carbons (Fsp3) is 0.469. The second kappa shape index (κ2) is 16.2. The van der Waals surface area contributed by atoms with E-state index in [0.29, 0.717) is 16.6 Å². The molecule has 4 N–H and O–H groups in total. The highest BCUT2D eigenvalue weighted by Gasteiger charge is 2.31. The fourth-order valence-corrected chi connectivity index (χ4v) is 7.59. The summed E-state index contributed by atoms with van der Waals surface area (Å²) in [4.78, 5) is 13.0. The topological polar surface area (TPSA) is 129 Å². The zero-order valence-electron chi connectivity index (χ0n) is 26.7. The molecular formula is C32H38F4N4O6S2. The van der Waals surface area contributed by atoms with Crippen LogP contribution >= 0.6 is 11.3 Å². The van der Waals surface area contributed by atoms with Gasteiger partial charge in [-0.15, -0.1) is 11.3 Å². The summed E-state index contributed by atoms with van der Waals surface area (Å²) in [5.74, 6) is 3.51. The van der Waals surface area contributed by atoms with Gasteiger partial charge >= 0.3 is 6.18 Å². The summed E-state index contributed by atoms with van der Waals surface area (Å²) in [6.45, 7) is 4.88. The number of sulfonamides is 1. The van der Waals surface area contributed by atoms with Crippen molar-refractivity contribution in [3.8, 4) is 17.6 Å². The average molecular weight is 715 g/mol. The molecule has 1 aromatic heterocycles. The molecule has 16 heteroatoms. The molecule has 1 unspecified atom stereocenters. The Labute approximate surface area is 280 Å². The van der Waals surface area contributed by atoms with Crippen molar-refractivity contribution in [3.05, 3.63) is 46.6 Å². The van der Waals surface area contributed by atoms with Gasteiger partial charge in [0.15, 0.2) is 0 Å². The number of ether oxygens (including phenoxy) is 2. The molecule has 0 aliphatic carbocycles. The molecule has 1 fully saturated rings. The number of carbonyl (C=O) groups is 1. The highest BCUT2D eigenvalue weighted by atomic mass is 32.2. The number of nitrogens with one attached hydrogen (secondary N) is 3. The Morgan fingerprint density at radius 1 is 1.19 bits per heavy atom. The molecular weight excluding hydrogens is 677 g/mol. The highest BCUT2D eigenvalue weighted by Crippen LogP contribution is 2.39. The van der Waals surface area contributed by atoms with E-state index in [9.17, 15) is 35.9 Å². The molecule has 0 saturated carbocycles. The van der Waals surface area contributed by atoms with Crippen molar-refractivity contribution in [3.63, 3.8) is 0 Å². The number of methoxy groups -OCH3 is 1. The summed E-state index contributed by atoms with van der Waals surface area (Å²) in [5.41, 5.74) is 0.828. The normalized spacial score (nSPS) is 15.1. The Morgan fingerprint density at radius 3 is 2.56 bits per heavy atom. The number of alkyl halides is 3. The molecule has 0 bridgehead atoms. The summed E-state index contributed by atoms with van der Waals surface area (Å²) in [6.07, 6.45) is -4.43. The monoisotopic (exact) mass is 714 g/mol. The molecule has 2 aromatic carbocycles. The standard InChI is InChI=1S/C32H38F4N4O6S2/c1-20(41)19-40-12-9-22(10-13-40)38-26-7-4-6-23-24(18-32(34,35)36)29(47-31(23)26)8-5-11-37-27-16-25(33)30(48(43,44)39-21(2)42)17-28(27)46-15-14-45-3/h4,6-7,16-17,20,22,37-38,41H,9-15,18-19H2,1-3H3,(H,39,42). The third-order valence-electron chi connectivity index (χ3n) is 7.38. The molecule has 2 heterocycles. The molecule has 3 aromatic rings. The number of β-amino-alcohol motifs (C(OH)–C–C–N with tert-alkyl or cyclic N) is 1. The maximum Gasteiger partial charge on any atom is 0.393 e. The van der Waals surface area contributed by atoms with E-state index >= 15 is 0 Å². The van der Waals surface area contributed by atoms with E-state index in [1.54, 1.807) is 23.8 Å². The van der Waals surface area contributed by atoms with Crippen LogP contribution in [-0.4, -0.2) is 89.2 Å². The smallest absolute Gasteiger partial charge is 0.393 e. The minimum absolute atomic E-state index is 0.0119. The highest BCUT2D eigenvalue weighted by molar-refractivity contribution is 7.90. The lowest BCUT2D eigenvalue weighted by molar-refractivity contribution is -0.127. The zero-order chi connectivity index (χ0) is 35.1. The number of aliphatic hydroxyl groups excluding tert-OH is 1. The lowest BCUT2D eigenvalue weighted by atomic mass is 10.0. The summed E-state index contributed by atoms with van der Waals surface area (Å²) in [5, 5.41) is 16.5. The molecule has 10 nitrogen and oxygen atoms in total. The van der Waals surface area contributed by atoms with Gasteiger partial charge in [0, 0.05) is 51.8 Å². The molecule has 48 heavy (non-hydrogen) atoms. The van der Waals surface area contributed by atoms with E-state index < -0.39 is 45.3 Å². The minimum atomic E-state index is -4.52. The van der Waals surface area contributed by atoms with E-state index in [4.69, 9.17) is 9.47 Å². The van der Waals surface area contributed by atoms with Crippen molar-refractivity contribution in [1.29, 1.82) is 0 Å². The van der Waals surface area contributed by atoms with Gasteiger partial charge in [-0.25, -0.2) is 17.5 Å². The Bertz CT molecular complexity index is 1760.